The third kappa shape index (κ3) is 4.47. The van der Waals surface area contributed by atoms with E-state index in [2.05, 4.69) is 5.32 Å². The molecule has 0 aliphatic rings. The number of carbonyl (C=O) groups excluding carboxylic acids is 2. The summed E-state index contributed by atoms with van der Waals surface area (Å²) in [4.78, 5) is 24.0. The Labute approximate surface area is 144 Å². The molecule has 2 rings (SSSR count). The van der Waals surface area contributed by atoms with Gasteiger partial charge >= 0.3 is 5.97 Å². The van der Waals surface area contributed by atoms with E-state index < -0.39 is 24.3 Å². The lowest BCUT2D eigenvalue weighted by Crippen LogP contribution is -2.21. The number of esters is 1. The number of nitrogens with one attached hydrogen (secondary N) is 1. The maximum atomic E-state index is 13.5. The summed E-state index contributed by atoms with van der Waals surface area (Å²) in [6, 6.07) is 9.03. The summed E-state index contributed by atoms with van der Waals surface area (Å²) in [7, 11) is 2.84. The van der Waals surface area contributed by atoms with Crippen LogP contribution in [0, 0.1) is 12.7 Å². The predicted molar refractivity (Wildman–Crippen MR) is 89.6 cm³/mol. The summed E-state index contributed by atoms with van der Waals surface area (Å²) in [5.41, 5.74) is 0.883. The summed E-state index contributed by atoms with van der Waals surface area (Å²) < 4.78 is 28.7. The molecule has 0 unspecified atom stereocenters. The molecule has 0 atom stereocenters. The summed E-state index contributed by atoms with van der Waals surface area (Å²) in [5.74, 6) is -1.16. The molecule has 2 aromatic rings. The number of rotatable bonds is 6. The Morgan fingerprint density at radius 2 is 1.88 bits per heavy atom. The molecule has 2 aromatic carbocycles. The Kier molecular flexibility index (Phi) is 5.94. The highest BCUT2D eigenvalue weighted by molar-refractivity contribution is 5.97. The van der Waals surface area contributed by atoms with Crippen LogP contribution in [0.15, 0.2) is 36.4 Å². The first-order valence-electron chi connectivity index (χ1n) is 7.40. The van der Waals surface area contributed by atoms with Crippen molar-refractivity contribution in [3.05, 3.63) is 53.3 Å². The highest BCUT2D eigenvalue weighted by Gasteiger charge is 2.18. The Morgan fingerprint density at radius 1 is 1.12 bits per heavy atom. The first-order valence-corrected chi connectivity index (χ1v) is 7.40. The fourth-order valence-corrected chi connectivity index (χ4v) is 2.12. The Hall–Kier alpha value is -3.09. The molecule has 1 N–H and O–H groups in total. The molecule has 1 amide bonds. The normalized spacial score (nSPS) is 10.1. The molecule has 0 bridgehead atoms. The minimum absolute atomic E-state index is 0.135. The van der Waals surface area contributed by atoms with Crippen molar-refractivity contribution in [1.82, 2.24) is 0 Å². The predicted octanol–water partition coefficient (Wildman–Crippen LogP) is 2.95. The maximum Gasteiger partial charge on any atom is 0.342 e. The number of carbonyl (C=O) groups is 2. The van der Waals surface area contributed by atoms with Gasteiger partial charge in [0.25, 0.3) is 5.91 Å². The van der Waals surface area contributed by atoms with Crippen molar-refractivity contribution >= 4 is 17.6 Å². The van der Waals surface area contributed by atoms with E-state index in [4.69, 9.17) is 14.2 Å². The molecule has 0 heterocycles. The van der Waals surface area contributed by atoms with Gasteiger partial charge in [0.05, 0.1) is 14.2 Å². The van der Waals surface area contributed by atoms with Crippen LogP contribution in [0.4, 0.5) is 10.1 Å². The second kappa shape index (κ2) is 8.14. The third-order valence-electron chi connectivity index (χ3n) is 3.41. The van der Waals surface area contributed by atoms with Gasteiger partial charge in [-0.3, -0.25) is 4.79 Å². The van der Waals surface area contributed by atoms with Crippen LogP contribution in [0.3, 0.4) is 0 Å². The molecule has 0 saturated heterocycles. The average Bonchev–Trinajstić information content (AvgIpc) is 2.61. The van der Waals surface area contributed by atoms with Crippen molar-refractivity contribution in [3.8, 4) is 11.5 Å². The van der Waals surface area contributed by atoms with Crippen LogP contribution in [-0.4, -0.2) is 32.7 Å². The van der Waals surface area contributed by atoms with Crippen molar-refractivity contribution in [3.63, 3.8) is 0 Å². The van der Waals surface area contributed by atoms with Gasteiger partial charge in [0.15, 0.2) is 18.1 Å². The van der Waals surface area contributed by atoms with Crippen molar-refractivity contribution in [2.75, 3.05) is 26.1 Å². The second-order valence-electron chi connectivity index (χ2n) is 5.13. The van der Waals surface area contributed by atoms with Gasteiger partial charge in [-0.1, -0.05) is 12.1 Å². The van der Waals surface area contributed by atoms with Crippen LogP contribution < -0.4 is 14.8 Å². The van der Waals surface area contributed by atoms with Gasteiger partial charge in [-0.2, -0.15) is 0 Å². The first kappa shape index (κ1) is 18.3. The van der Waals surface area contributed by atoms with Crippen LogP contribution in [-0.2, 0) is 9.53 Å². The standard InChI is InChI=1S/C18H18FNO5/c1-11-7-8-12(9-14(11)19)20-16(21)10-25-18(22)13-5-4-6-15(23-2)17(13)24-3/h4-9H,10H2,1-3H3,(H,20,21). The minimum Gasteiger partial charge on any atom is -0.493 e. The molecule has 7 heteroatoms. The van der Waals surface area contributed by atoms with Crippen LogP contribution in [0.25, 0.3) is 0 Å². The molecule has 0 radical (unpaired) electrons. The van der Waals surface area contributed by atoms with Crippen molar-refractivity contribution < 1.29 is 28.2 Å². The van der Waals surface area contributed by atoms with Crippen LogP contribution in [0.5, 0.6) is 11.5 Å². The van der Waals surface area contributed by atoms with Crippen molar-refractivity contribution in [2.24, 2.45) is 0 Å². The molecule has 0 aliphatic heterocycles. The molecule has 132 valence electrons. The number of amides is 1. The van der Waals surface area contributed by atoms with Crippen LogP contribution >= 0.6 is 0 Å². The zero-order valence-electron chi connectivity index (χ0n) is 14.1. The Morgan fingerprint density at radius 3 is 2.52 bits per heavy atom. The molecule has 0 spiro atoms. The van der Waals surface area contributed by atoms with E-state index in [9.17, 15) is 14.0 Å². The number of hydrogen-bond acceptors (Lipinski definition) is 5. The van der Waals surface area contributed by atoms with Gasteiger partial charge in [0.1, 0.15) is 11.4 Å². The summed E-state index contributed by atoms with van der Waals surface area (Å²) in [6.45, 7) is 1.10. The lowest BCUT2D eigenvalue weighted by Gasteiger charge is -2.12. The second-order valence-corrected chi connectivity index (χ2v) is 5.13. The van der Waals surface area contributed by atoms with E-state index in [-0.39, 0.29) is 17.0 Å². The number of aryl methyl sites for hydroxylation is 1. The van der Waals surface area contributed by atoms with Gasteiger partial charge < -0.3 is 19.5 Å². The number of hydrogen-bond donors (Lipinski definition) is 1. The molecule has 0 saturated carbocycles. The third-order valence-corrected chi connectivity index (χ3v) is 3.41. The number of ether oxygens (including phenoxy) is 3. The number of anilines is 1. The number of halogens is 1. The number of para-hydroxylation sites is 1. The van der Waals surface area contributed by atoms with Gasteiger partial charge in [0.2, 0.25) is 0 Å². The zero-order chi connectivity index (χ0) is 18.4. The van der Waals surface area contributed by atoms with Gasteiger partial charge in [0, 0.05) is 5.69 Å². The summed E-state index contributed by atoms with van der Waals surface area (Å²) in [5, 5.41) is 2.46. The van der Waals surface area contributed by atoms with E-state index in [1.165, 1.54) is 32.4 Å². The molecule has 0 aliphatic carbocycles. The fraction of sp³-hybridized carbons (Fsp3) is 0.222. The minimum atomic E-state index is -0.735. The van der Waals surface area contributed by atoms with Crippen LogP contribution in [0.1, 0.15) is 15.9 Å². The molecule has 25 heavy (non-hydrogen) atoms. The van der Waals surface area contributed by atoms with E-state index >= 15 is 0 Å². The van der Waals surface area contributed by atoms with Crippen molar-refractivity contribution in [2.45, 2.75) is 6.92 Å². The first-order chi connectivity index (χ1) is 12.0. The summed E-state index contributed by atoms with van der Waals surface area (Å²) in [6.07, 6.45) is 0. The topological polar surface area (TPSA) is 73.9 Å². The maximum absolute atomic E-state index is 13.5. The lowest BCUT2D eigenvalue weighted by atomic mass is 10.2. The van der Waals surface area contributed by atoms with E-state index in [0.717, 1.165) is 0 Å². The highest BCUT2D eigenvalue weighted by atomic mass is 19.1. The zero-order valence-corrected chi connectivity index (χ0v) is 14.1. The smallest absolute Gasteiger partial charge is 0.342 e. The quantitative estimate of drug-likeness (QED) is 0.813. The largest absolute Gasteiger partial charge is 0.493 e. The van der Waals surface area contributed by atoms with Gasteiger partial charge in [-0.25, -0.2) is 9.18 Å². The Balaban J connectivity index is 2.00. The van der Waals surface area contributed by atoms with E-state index in [1.54, 1.807) is 25.1 Å². The van der Waals surface area contributed by atoms with E-state index in [1.807, 2.05) is 0 Å². The monoisotopic (exact) mass is 347 g/mol. The molecule has 0 fully saturated rings. The van der Waals surface area contributed by atoms with Gasteiger partial charge in [-0.15, -0.1) is 0 Å². The molecule has 0 aromatic heterocycles. The number of benzene rings is 2. The Bertz CT molecular complexity index is 791. The average molecular weight is 347 g/mol. The fourth-order valence-electron chi connectivity index (χ4n) is 2.12. The highest BCUT2D eigenvalue weighted by Crippen LogP contribution is 2.31. The van der Waals surface area contributed by atoms with Gasteiger partial charge in [-0.05, 0) is 36.8 Å². The summed E-state index contributed by atoms with van der Waals surface area (Å²) >= 11 is 0. The van der Waals surface area contributed by atoms with Crippen LogP contribution in [0.2, 0.25) is 0 Å². The molecular weight excluding hydrogens is 329 g/mol. The molecular formula is C18H18FNO5. The molecule has 6 nitrogen and oxygen atoms in total. The number of methoxy groups -OCH3 is 2. The SMILES string of the molecule is COc1cccc(C(=O)OCC(=O)Nc2ccc(C)c(F)c2)c1OC. The lowest BCUT2D eigenvalue weighted by molar-refractivity contribution is -0.119. The van der Waals surface area contributed by atoms with Crippen molar-refractivity contribution in [1.29, 1.82) is 0 Å². The van der Waals surface area contributed by atoms with E-state index in [0.29, 0.717) is 11.3 Å².